The van der Waals surface area contributed by atoms with Gasteiger partial charge < -0.3 is 15.4 Å². The molecular formula is C22H23BrN2O5. The van der Waals surface area contributed by atoms with Crippen molar-refractivity contribution < 1.29 is 23.9 Å². The van der Waals surface area contributed by atoms with E-state index in [-0.39, 0.29) is 31.0 Å². The van der Waals surface area contributed by atoms with Gasteiger partial charge in [0.2, 0.25) is 5.91 Å². The van der Waals surface area contributed by atoms with E-state index in [9.17, 15) is 19.2 Å². The van der Waals surface area contributed by atoms with Gasteiger partial charge in [-0.2, -0.15) is 0 Å². The van der Waals surface area contributed by atoms with Crippen LogP contribution < -0.4 is 10.6 Å². The number of rotatable bonds is 9. The maximum Gasteiger partial charge on any atom is 0.306 e. The predicted molar refractivity (Wildman–Crippen MR) is 117 cm³/mol. The van der Waals surface area contributed by atoms with Gasteiger partial charge in [0.15, 0.2) is 12.4 Å². The van der Waals surface area contributed by atoms with Crippen LogP contribution in [-0.4, -0.2) is 30.2 Å². The molecule has 0 saturated carbocycles. The number of hydrogen-bond donors (Lipinski definition) is 2. The van der Waals surface area contributed by atoms with Crippen LogP contribution in [-0.2, 0) is 19.1 Å². The van der Waals surface area contributed by atoms with E-state index in [0.717, 1.165) is 10.0 Å². The standard InChI is InChI=1S/C22H23BrN2O5/c1-14-11-18(9-10-19(14)23)25-21(28)13-30-22(29)8-4-7-20(27)24-17-6-3-5-16(12-17)15(2)26/h3,5-6,9-12H,4,7-8,13H2,1-2H3,(H,24,27)(H,25,28). The fourth-order valence-corrected chi connectivity index (χ4v) is 2.82. The Morgan fingerprint density at radius 2 is 1.63 bits per heavy atom. The second-order valence-corrected chi connectivity index (χ2v) is 7.57. The summed E-state index contributed by atoms with van der Waals surface area (Å²) in [7, 11) is 0. The van der Waals surface area contributed by atoms with Crippen molar-refractivity contribution in [3.05, 3.63) is 58.1 Å². The van der Waals surface area contributed by atoms with E-state index in [1.165, 1.54) is 6.92 Å². The minimum Gasteiger partial charge on any atom is -0.456 e. The summed E-state index contributed by atoms with van der Waals surface area (Å²) >= 11 is 3.38. The Bertz CT molecular complexity index is 958. The monoisotopic (exact) mass is 474 g/mol. The van der Waals surface area contributed by atoms with Gasteiger partial charge in [0.25, 0.3) is 5.91 Å². The van der Waals surface area contributed by atoms with Crippen LogP contribution in [0, 0.1) is 6.92 Å². The number of benzene rings is 2. The normalized spacial score (nSPS) is 10.2. The molecule has 7 nitrogen and oxygen atoms in total. The highest BCUT2D eigenvalue weighted by molar-refractivity contribution is 9.10. The summed E-state index contributed by atoms with van der Waals surface area (Å²) in [6, 6.07) is 12.0. The molecular weight excluding hydrogens is 452 g/mol. The van der Waals surface area contributed by atoms with E-state index >= 15 is 0 Å². The van der Waals surface area contributed by atoms with Gasteiger partial charge >= 0.3 is 5.97 Å². The molecule has 2 amide bonds. The number of anilines is 2. The van der Waals surface area contributed by atoms with Crippen molar-refractivity contribution in [3.8, 4) is 0 Å². The van der Waals surface area contributed by atoms with E-state index in [1.807, 2.05) is 13.0 Å². The fourth-order valence-electron chi connectivity index (χ4n) is 2.57. The van der Waals surface area contributed by atoms with E-state index < -0.39 is 18.5 Å². The third-order valence-corrected chi connectivity index (χ3v) is 5.03. The van der Waals surface area contributed by atoms with Crippen molar-refractivity contribution in [1.29, 1.82) is 0 Å². The average molecular weight is 475 g/mol. The Balaban J connectivity index is 1.67. The lowest BCUT2D eigenvalue weighted by Gasteiger charge is -2.08. The predicted octanol–water partition coefficient (Wildman–Crippen LogP) is 4.25. The summed E-state index contributed by atoms with van der Waals surface area (Å²) in [6.07, 6.45) is 0.417. The lowest BCUT2D eigenvalue weighted by atomic mass is 10.1. The zero-order chi connectivity index (χ0) is 22.1. The average Bonchev–Trinajstić information content (AvgIpc) is 2.69. The largest absolute Gasteiger partial charge is 0.456 e. The molecule has 0 aliphatic heterocycles. The van der Waals surface area contributed by atoms with Crippen LogP contribution in [0.15, 0.2) is 46.9 Å². The molecule has 0 saturated heterocycles. The van der Waals surface area contributed by atoms with Crippen LogP contribution in [0.2, 0.25) is 0 Å². The quantitative estimate of drug-likeness (QED) is 0.417. The first-order valence-electron chi connectivity index (χ1n) is 9.37. The van der Waals surface area contributed by atoms with Gasteiger partial charge in [-0.05, 0) is 56.2 Å². The molecule has 2 N–H and O–H groups in total. The number of hydrogen-bond acceptors (Lipinski definition) is 5. The van der Waals surface area contributed by atoms with Crippen molar-refractivity contribution in [1.82, 2.24) is 0 Å². The van der Waals surface area contributed by atoms with Crippen molar-refractivity contribution in [2.24, 2.45) is 0 Å². The van der Waals surface area contributed by atoms with Crippen molar-refractivity contribution in [2.45, 2.75) is 33.1 Å². The molecule has 2 rings (SSSR count). The highest BCUT2D eigenvalue weighted by Gasteiger charge is 2.10. The van der Waals surface area contributed by atoms with Gasteiger partial charge in [-0.3, -0.25) is 19.2 Å². The molecule has 0 aromatic heterocycles. The Hall–Kier alpha value is -3.00. The summed E-state index contributed by atoms with van der Waals surface area (Å²) in [5.41, 5.74) is 2.61. The Morgan fingerprint density at radius 3 is 2.33 bits per heavy atom. The smallest absolute Gasteiger partial charge is 0.306 e. The molecule has 0 aliphatic rings. The number of ether oxygens (including phenoxy) is 1. The highest BCUT2D eigenvalue weighted by atomic mass is 79.9. The van der Waals surface area contributed by atoms with Crippen LogP contribution >= 0.6 is 15.9 Å². The van der Waals surface area contributed by atoms with Crippen LogP contribution in [0.3, 0.4) is 0 Å². The molecule has 0 radical (unpaired) electrons. The van der Waals surface area contributed by atoms with Gasteiger partial charge in [0.05, 0.1) is 0 Å². The topological polar surface area (TPSA) is 102 Å². The van der Waals surface area contributed by atoms with E-state index in [4.69, 9.17) is 4.74 Å². The summed E-state index contributed by atoms with van der Waals surface area (Å²) in [5.74, 6) is -1.35. The van der Waals surface area contributed by atoms with E-state index in [1.54, 1.807) is 36.4 Å². The van der Waals surface area contributed by atoms with Gasteiger partial charge in [-0.1, -0.05) is 28.1 Å². The second-order valence-electron chi connectivity index (χ2n) is 6.71. The molecule has 0 aliphatic carbocycles. The lowest BCUT2D eigenvalue weighted by Crippen LogP contribution is -2.21. The molecule has 0 fully saturated rings. The van der Waals surface area contributed by atoms with Gasteiger partial charge in [0.1, 0.15) is 0 Å². The molecule has 8 heteroatoms. The second kappa shape index (κ2) is 11.3. The summed E-state index contributed by atoms with van der Waals surface area (Å²) in [6.45, 7) is 2.96. The van der Waals surface area contributed by atoms with Gasteiger partial charge in [-0.15, -0.1) is 0 Å². The zero-order valence-corrected chi connectivity index (χ0v) is 18.4. The molecule has 0 bridgehead atoms. The third-order valence-electron chi connectivity index (χ3n) is 4.14. The Labute approximate surface area is 183 Å². The van der Waals surface area contributed by atoms with Crippen molar-refractivity contribution in [3.63, 3.8) is 0 Å². The molecule has 0 unspecified atom stereocenters. The molecule has 0 atom stereocenters. The summed E-state index contributed by atoms with van der Waals surface area (Å²) in [4.78, 5) is 47.0. The number of amides is 2. The molecule has 158 valence electrons. The summed E-state index contributed by atoms with van der Waals surface area (Å²) < 4.78 is 5.88. The maximum atomic E-state index is 12.0. The van der Waals surface area contributed by atoms with E-state index in [2.05, 4.69) is 26.6 Å². The molecule has 30 heavy (non-hydrogen) atoms. The number of halogens is 1. The minimum absolute atomic E-state index is 0.0194. The maximum absolute atomic E-state index is 12.0. The molecule has 2 aromatic rings. The Kier molecular flexibility index (Phi) is 8.73. The number of Topliss-reactive ketones (excluding diaryl/α,β-unsaturated/α-hetero) is 1. The first kappa shape index (κ1) is 23.3. The summed E-state index contributed by atoms with van der Waals surface area (Å²) in [5, 5.41) is 5.34. The fraction of sp³-hybridized carbons (Fsp3) is 0.273. The van der Waals surface area contributed by atoms with Crippen LogP contribution in [0.4, 0.5) is 11.4 Å². The first-order valence-corrected chi connectivity index (χ1v) is 10.2. The lowest BCUT2D eigenvalue weighted by molar-refractivity contribution is -0.147. The number of carbonyl (C=O) groups is 4. The first-order chi connectivity index (χ1) is 14.2. The molecule has 2 aromatic carbocycles. The number of nitrogens with one attached hydrogen (secondary N) is 2. The van der Waals surface area contributed by atoms with Gasteiger partial charge in [-0.25, -0.2) is 0 Å². The van der Waals surface area contributed by atoms with Crippen LogP contribution in [0.1, 0.15) is 42.1 Å². The minimum atomic E-state index is -0.552. The van der Waals surface area contributed by atoms with Crippen molar-refractivity contribution >= 4 is 50.9 Å². The van der Waals surface area contributed by atoms with Crippen LogP contribution in [0.5, 0.6) is 0 Å². The Morgan fingerprint density at radius 1 is 0.933 bits per heavy atom. The zero-order valence-electron chi connectivity index (χ0n) is 16.8. The van der Waals surface area contributed by atoms with Gasteiger partial charge in [0, 0.05) is 34.3 Å². The number of esters is 1. The SMILES string of the molecule is CC(=O)c1cccc(NC(=O)CCCC(=O)OCC(=O)Nc2ccc(Br)c(C)c2)c1. The highest BCUT2D eigenvalue weighted by Crippen LogP contribution is 2.20. The number of carbonyl (C=O) groups excluding carboxylic acids is 4. The van der Waals surface area contributed by atoms with E-state index in [0.29, 0.717) is 16.9 Å². The molecule has 0 heterocycles. The number of aryl methyl sites for hydroxylation is 1. The number of ketones is 1. The van der Waals surface area contributed by atoms with Crippen molar-refractivity contribution in [2.75, 3.05) is 17.2 Å². The van der Waals surface area contributed by atoms with Crippen LogP contribution in [0.25, 0.3) is 0 Å². The third kappa shape index (κ3) is 7.79. The molecule has 0 spiro atoms.